The van der Waals surface area contributed by atoms with Crippen LogP contribution in [0.3, 0.4) is 0 Å². The van der Waals surface area contributed by atoms with Crippen LogP contribution in [0.4, 0.5) is 0 Å². The van der Waals surface area contributed by atoms with E-state index in [4.69, 9.17) is 15.0 Å². The summed E-state index contributed by atoms with van der Waals surface area (Å²) in [5.41, 5.74) is 15.3. The van der Waals surface area contributed by atoms with Crippen molar-refractivity contribution < 1.29 is 0 Å². The van der Waals surface area contributed by atoms with Crippen LogP contribution in [-0.2, 0) is 12.8 Å². The van der Waals surface area contributed by atoms with Gasteiger partial charge in [0.15, 0.2) is 0 Å². The Morgan fingerprint density at radius 1 is 0.438 bits per heavy atom. The fourth-order valence-corrected chi connectivity index (χ4v) is 7.82. The monoisotopic (exact) mass is 611 g/mol. The van der Waals surface area contributed by atoms with Crippen LogP contribution in [0.1, 0.15) is 22.3 Å². The van der Waals surface area contributed by atoms with Crippen LogP contribution in [0, 0.1) is 0 Å². The summed E-state index contributed by atoms with van der Waals surface area (Å²) in [5.74, 6) is 0. The minimum absolute atomic E-state index is 0.810. The second-order valence-corrected chi connectivity index (χ2v) is 12.8. The van der Waals surface area contributed by atoms with Crippen molar-refractivity contribution >= 4 is 43.5 Å². The molecule has 0 unspecified atom stereocenters. The molecular weight excluding hydrogens is 583 g/mol. The summed E-state index contributed by atoms with van der Waals surface area (Å²) in [7, 11) is 0. The van der Waals surface area contributed by atoms with Gasteiger partial charge in [-0.2, -0.15) is 0 Å². The largest absolute Gasteiger partial charge is 0.254 e. The van der Waals surface area contributed by atoms with Gasteiger partial charge in [0.05, 0.1) is 22.2 Å². The number of hydrogen-bond donors (Lipinski definition) is 0. The highest BCUT2D eigenvalue weighted by Crippen LogP contribution is 2.41. The van der Waals surface area contributed by atoms with E-state index >= 15 is 0 Å². The molecule has 0 bridgehead atoms. The summed E-state index contributed by atoms with van der Waals surface area (Å²) in [6, 6.07) is 50.5. The Morgan fingerprint density at radius 2 is 1.08 bits per heavy atom. The molecule has 48 heavy (non-hydrogen) atoms. The van der Waals surface area contributed by atoms with E-state index in [1.165, 1.54) is 44.5 Å². The summed E-state index contributed by atoms with van der Waals surface area (Å²) in [6.07, 6.45) is 5.55. The first-order chi connectivity index (χ1) is 23.8. The van der Waals surface area contributed by atoms with Crippen molar-refractivity contribution in [2.75, 3.05) is 0 Å². The normalized spacial score (nSPS) is 12.4. The lowest BCUT2D eigenvalue weighted by Gasteiger charge is -2.21. The molecule has 6 aromatic carbocycles. The van der Waals surface area contributed by atoms with Gasteiger partial charge in [0.2, 0.25) is 0 Å². The number of para-hydroxylation sites is 1. The average molecular weight is 612 g/mol. The molecule has 0 radical (unpaired) electrons. The predicted molar refractivity (Wildman–Crippen MR) is 198 cm³/mol. The van der Waals surface area contributed by atoms with Crippen molar-refractivity contribution in [1.29, 1.82) is 0 Å². The van der Waals surface area contributed by atoms with Crippen molar-refractivity contribution in [2.24, 2.45) is 0 Å². The zero-order valence-corrected chi connectivity index (χ0v) is 26.2. The van der Waals surface area contributed by atoms with Crippen LogP contribution in [0.25, 0.3) is 77.0 Å². The fourth-order valence-electron chi connectivity index (χ4n) is 7.82. The van der Waals surface area contributed by atoms with E-state index in [1.54, 1.807) is 0 Å². The van der Waals surface area contributed by atoms with Crippen molar-refractivity contribution in [1.82, 2.24) is 15.0 Å². The average Bonchev–Trinajstić information content (AvgIpc) is 3.15. The lowest BCUT2D eigenvalue weighted by Crippen LogP contribution is -2.03. The van der Waals surface area contributed by atoms with Gasteiger partial charge in [-0.05, 0) is 75.5 Å². The highest BCUT2D eigenvalue weighted by atomic mass is 14.8. The van der Waals surface area contributed by atoms with Gasteiger partial charge < -0.3 is 0 Å². The van der Waals surface area contributed by atoms with Crippen molar-refractivity contribution in [2.45, 2.75) is 12.8 Å². The molecule has 1 aliphatic rings. The molecule has 0 spiro atoms. The van der Waals surface area contributed by atoms with E-state index in [2.05, 4.69) is 133 Å². The van der Waals surface area contributed by atoms with Gasteiger partial charge in [-0.15, -0.1) is 0 Å². The second-order valence-electron chi connectivity index (χ2n) is 12.8. The molecule has 0 saturated carbocycles. The third-order valence-corrected chi connectivity index (χ3v) is 10.0. The van der Waals surface area contributed by atoms with Gasteiger partial charge in [-0.1, -0.05) is 121 Å². The van der Waals surface area contributed by atoms with Crippen molar-refractivity contribution in [3.05, 3.63) is 174 Å². The highest BCUT2D eigenvalue weighted by molar-refractivity contribution is 6.23. The first-order valence-corrected chi connectivity index (χ1v) is 16.5. The molecule has 3 heterocycles. The Bertz CT molecular complexity index is 2740. The second kappa shape index (κ2) is 10.7. The summed E-state index contributed by atoms with van der Waals surface area (Å²) in [4.78, 5) is 15.2. The maximum Gasteiger partial charge on any atom is 0.0971 e. The molecule has 3 nitrogen and oxygen atoms in total. The van der Waals surface area contributed by atoms with E-state index < -0.39 is 0 Å². The standard InChI is InChI=1S/C45H29N3/c1-4-14-34-29(10-1)24-30-11-2-6-16-36(30)37-21-20-32(26-33(37)25-31-12-3-5-15-35(31)34)43-42-39-22-19-28-13-9-23-46-44(28)45(39)47-27-40(42)38-17-7-8-18-41(38)48-43/h1-23,26-27H,24-25H2. The number of nitrogens with zero attached hydrogens (tertiary/aromatic N) is 3. The quantitative estimate of drug-likeness (QED) is 0.173. The molecule has 3 heteroatoms. The fraction of sp³-hybridized carbons (Fsp3) is 0.0444. The zero-order valence-electron chi connectivity index (χ0n) is 26.2. The Balaban J connectivity index is 1.27. The SMILES string of the molecule is c1ccc2c(c1)Cc1ccccc1-c1ccc(-c3nc4ccccc4c4cnc5c(ccc6cccnc65)c34)cc1Cc1ccccc1-2. The summed E-state index contributed by atoms with van der Waals surface area (Å²) in [5, 5.41) is 5.47. The topological polar surface area (TPSA) is 38.7 Å². The number of hydrogen-bond acceptors (Lipinski definition) is 3. The van der Waals surface area contributed by atoms with Crippen LogP contribution in [-0.4, -0.2) is 15.0 Å². The van der Waals surface area contributed by atoms with Crippen molar-refractivity contribution in [3.8, 4) is 33.5 Å². The number of aromatic nitrogens is 3. The first-order valence-electron chi connectivity index (χ1n) is 16.5. The molecule has 0 saturated heterocycles. The van der Waals surface area contributed by atoms with Gasteiger partial charge in [-0.25, -0.2) is 4.98 Å². The lowest BCUT2D eigenvalue weighted by atomic mass is 9.83. The van der Waals surface area contributed by atoms with Crippen LogP contribution >= 0.6 is 0 Å². The first kappa shape index (κ1) is 27.0. The predicted octanol–water partition coefficient (Wildman–Crippen LogP) is 11.0. The van der Waals surface area contributed by atoms with E-state index in [9.17, 15) is 0 Å². The van der Waals surface area contributed by atoms with E-state index in [0.29, 0.717) is 0 Å². The summed E-state index contributed by atoms with van der Waals surface area (Å²) < 4.78 is 0. The van der Waals surface area contributed by atoms with Gasteiger partial charge in [0.1, 0.15) is 0 Å². The van der Waals surface area contributed by atoms with E-state index in [-0.39, 0.29) is 0 Å². The third-order valence-electron chi connectivity index (χ3n) is 10.0. The van der Waals surface area contributed by atoms with Gasteiger partial charge >= 0.3 is 0 Å². The van der Waals surface area contributed by atoms with E-state index in [1.807, 2.05) is 18.5 Å². The number of rotatable bonds is 1. The number of pyridine rings is 3. The summed E-state index contributed by atoms with van der Waals surface area (Å²) in [6.45, 7) is 0. The Labute approximate surface area is 278 Å². The Morgan fingerprint density at radius 3 is 1.83 bits per heavy atom. The van der Waals surface area contributed by atoms with Gasteiger partial charge in [0, 0.05) is 44.9 Å². The molecule has 9 aromatic rings. The molecule has 10 rings (SSSR count). The molecule has 224 valence electrons. The number of fused-ring (bicyclic) bond motifs is 13. The molecular formula is C45H29N3. The van der Waals surface area contributed by atoms with Crippen LogP contribution in [0.5, 0.6) is 0 Å². The minimum atomic E-state index is 0.810. The lowest BCUT2D eigenvalue weighted by molar-refractivity contribution is 1.15. The molecule has 3 aromatic heterocycles. The van der Waals surface area contributed by atoms with Gasteiger partial charge in [-0.3, -0.25) is 9.97 Å². The smallest absolute Gasteiger partial charge is 0.0971 e. The Kier molecular flexibility index (Phi) is 6.00. The minimum Gasteiger partial charge on any atom is -0.254 e. The zero-order chi connectivity index (χ0) is 31.6. The molecule has 0 N–H and O–H groups in total. The summed E-state index contributed by atoms with van der Waals surface area (Å²) >= 11 is 0. The van der Waals surface area contributed by atoms with Gasteiger partial charge in [0.25, 0.3) is 0 Å². The third kappa shape index (κ3) is 4.18. The maximum atomic E-state index is 5.40. The maximum absolute atomic E-state index is 5.40. The molecule has 0 atom stereocenters. The van der Waals surface area contributed by atoms with Crippen LogP contribution in [0.2, 0.25) is 0 Å². The van der Waals surface area contributed by atoms with Crippen molar-refractivity contribution in [3.63, 3.8) is 0 Å². The van der Waals surface area contributed by atoms with E-state index in [0.717, 1.165) is 67.6 Å². The Hall–Kier alpha value is -6.19. The van der Waals surface area contributed by atoms with Crippen LogP contribution in [0.15, 0.2) is 152 Å². The molecule has 1 aliphatic carbocycles. The molecule has 0 fully saturated rings. The van der Waals surface area contributed by atoms with Crippen LogP contribution < -0.4 is 0 Å². The highest BCUT2D eigenvalue weighted by Gasteiger charge is 2.21. The number of benzene rings is 6. The molecule has 0 aliphatic heterocycles. The molecule has 0 amide bonds.